The van der Waals surface area contributed by atoms with Crippen LogP contribution in [0.1, 0.15) is 30.0 Å². The van der Waals surface area contributed by atoms with Crippen molar-refractivity contribution in [2.75, 3.05) is 47.5 Å². The number of hydrogen-bond acceptors (Lipinski definition) is 6. The van der Waals surface area contributed by atoms with Gasteiger partial charge in [0.1, 0.15) is 17.2 Å². The van der Waals surface area contributed by atoms with E-state index in [0.29, 0.717) is 49.9 Å². The summed E-state index contributed by atoms with van der Waals surface area (Å²) in [5, 5.41) is 3.63. The summed E-state index contributed by atoms with van der Waals surface area (Å²) in [4.78, 5) is 30.0. The molecule has 43 heavy (non-hydrogen) atoms. The Balaban J connectivity index is 1.33. The maximum absolute atomic E-state index is 14.0. The molecule has 2 bridgehead atoms. The summed E-state index contributed by atoms with van der Waals surface area (Å²) in [6.07, 6.45) is 2.20. The summed E-state index contributed by atoms with van der Waals surface area (Å²) in [6.45, 7) is 3.86. The summed E-state index contributed by atoms with van der Waals surface area (Å²) >= 11 is 0. The molecule has 1 fully saturated rings. The Hall–Kier alpha value is -4.30. The van der Waals surface area contributed by atoms with Gasteiger partial charge in [0.2, 0.25) is 5.91 Å². The Morgan fingerprint density at radius 1 is 0.884 bits per heavy atom. The molecule has 1 N–H and O–H groups in total. The van der Waals surface area contributed by atoms with Crippen LogP contribution in [-0.2, 0) is 22.4 Å². The molecule has 5 rings (SSSR count). The van der Waals surface area contributed by atoms with Crippen LogP contribution in [0.15, 0.2) is 78.4 Å². The van der Waals surface area contributed by atoms with Crippen molar-refractivity contribution < 1.29 is 23.8 Å². The van der Waals surface area contributed by atoms with Crippen LogP contribution in [0, 0.1) is 0 Å². The van der Waals surface area contributed by atoms with E-state index in [0.717, 1.165) is 35.1 Å². The van der Waals surface area contributed by atoms with Crippen molar-refractivity contribution in [1.82, 2.24) is 15.1 Å². The Morgan fingerprint density at radius 3 is 2.19 bits per heavy atom. The molecule has 2 aliphatic heterocycles. The van der Waals surface area contributed by atoms with E-state index in [9.17, 15) is 9.59 Å². The lowest BCUT2D eigenvalue weighted by Crippen LogP contribution is -2.61. The number of ether oxygens (including phenoxy) is 3. The molecule has 8 nitrogen and oxygen atoms in total. The molecule has 2 heterocycles. The van der Waals surface area contributed by atoms with E-state index in [2.05, 4.69) is 41.7 Å². The molecule has 0 saturated carbocycles. The number of carbonyl (C=O) groups is 2. The summed E-state index contributed by atoms with van der Waals surface area (Å²) in [5.74, 6) is 2.11. The molecule has 0 spiro atoms. The number of amides is 2. The van der Waals surface area contributed by atoms with E-state index < -0.39 is 0 Å². The molecule has 2 aliphatic rings. The maximum atomic E-state index is 14.0. The Kier molecular flexibility index (Phi) is 9.67. The molecule has 2 atom stereocenters. The van der Waals surface area contributed by atoms with Crippen LogP contribution in [0.25, 0.3) is 5.57 Å². The third kappa shape index (κ3) is 7.38. The first-order chi connectivity index (χ1) is 20.8. The highest BCUT2D eigenvalue weighted by Crippen LogP contribution is 2.34. The zero-order valence-electron chi connectivity index (χ0n) is 25.5. The minimum Gasteiger partial charge on any atom is -0.496 e. The molecule has 0 aromatic heterocycles. The number of piperazine rings is 1. The quantitative estimate of drug-likeness (QED) is 0.361. The molecule has 8 heteroatoms. The average Bonchev–Trinajstić information content (AvgIpc) is 3.03. The highest BCUT2D eigenvalue weighted by molar-refractivity contribution is 6.03. The van der Waals surface area contributed by atoms with Crippen LogP contribution in [0.2, 0.25) is 0 Å². The number of likely N-dealkylation sites (N-methyl/N-ethyl adjacent to an activating group) is 1. The molecule has 3 aromatic rings. The normalized spacial score (nSPS) is 17.8. The van der Waals surface area contributed by atoms with E-state index in [1.54, 1.807) is 21.1 Å². The van der Waals surface area contributed by atoms with Crippen LogP contribution >= 0.6 is 0 Å². The molecular weight excluding hydrogens is 542 g/mol. The second kappa shape index (κ2) is 13.8. The number of fused-ring (bicyclic) bond motifs is 2. The van der Waals surface area contributed by atoms with Gasteiger partial charge in [-0.25, -0.2) is 0 Å². The predicted octanol–water partition coefficient (Wildman–Crippen LogP) is 4.37. The highest BCUT2D eigenvalue weighted by Gasteiger charge is 2.39. The van der Waals surface area contributed by atoms with Crippen LogP contribution in [0.3, 0.4) is 0 Å². The van der Waals surface area contributed by atoms with Crippen molar-refractivity contribution in [3.63, 3.8) is 0 Å². The number of rotatable bonds is 11. The van der Waals surface area contributed by atoms with Gasteiger partial charge in [0.25, 0.3) is 5.91 Å². The van der Waals surface area contributed by atoms with Gasteiger partial charge in [-0.1, -0.05) is 54.6 Å². The highest BCUT2D eigenvalue weighted by atomic mass is 16.5. The lowest BCUT2D eigenvalue weighted by Gasteiger charge is -2.44. The Labute approximate surface area is 254 Å². The van der Waals surface area contributed by atoms with Crippen molar-refractivity contribution in [3.05, 3.63) is 95.1 Å². The fourth-order valence-corrected chi connectivity index (χ4v) is 5.90. The van der Waals surface area contributed by atoms with Crippen molar-refractivity contribution in [2.24, 2.45) is 0 Å². The van der Waals surface area contributed by atoms with Gasteiger partial charge in [0, 0.05) is 69.8 Å². The van der Waals surface area contributed by atoms with Gasteiger partial charge in [-0.3, -0.25) is 9.59 Å². The second-order valence-electron chi connectivity index (χ2n) is 11.2. The SMILES string of the molecule is COc1cc(OC)cc(OCCc2ccc(C3=C(C(=O)N(C)CCc4ccccc4)C4CN(C(C)=O)CC(C3)N4)cc2)c1. The fraction of sp³-hybridized carbons (Fsp3) is 0.371. The van der Waals surface area contributed by atoms with E-state index in [1.165, 1.54) is 5.56 Å². The standard InChI is InChI=1S/C35H41N3O5/c1-24(39)38-22-28-18-32(34(33(23-38)36-28)35(40)37(2)16-14-25-8-6-5-7-9-25)27-12-10-26(11-13-27)15-17-43-31-20-29(41-3)19-30(21-31)42-4/h5-13,19-21,28,33,36H,14-18,22-23H2,1-4H3. The van der Waals surface area contributed by atoms with Gasteiger partial charge < -0.3 is 29.3 Å². The van der Waals surface area contributed by atoms with Gasteiger partial charge in [0.05, 0.1) is 26.9 Å². The zero-order chi connectivity index (χ0) is 30.3. The summed E-state index contributed by atoms with van der Waals surface area (Å²) < 4.78 is 16.7. The molecule has 3 aromatic carbocycles. The lowest BCUT2D eigenvalue weighted by atomic mass is 9.82. The number of benzene rings is 3. The van der Waals surface area contributed by atoms with Crippen molar-refractivity contribution in [1.29, 1.82) is 0 Å². The Bertz CT molecular complexity index is 1430. The first-order valence-corrected chi connectivity index (χ1v) is 14.8. The van der Waals surface area contributed by atoms with Crippen molar-refractivity contribution in [2.45, 2.75) is 38.3 Å². The van der Waals surface area contributed by atoms with Crippen LogP contribution < -0.4 is 19.5 Å². The van der Waals surface area contributed by atoms with Gasteiger partial charge in [-0.05, 0) is 35.1 Å². The van der Waals surface area contributed by atoms with E-state index in [1.807, 2.05) is 53.2 Å². The minimum atomic E-state index is -0.203. The third-order valence-corrected chi connectivity index (χ3v) is 8.29. The first kappa shape index (κ1) is 30.2. The number of carbonyl (C=O) groups excluding carboxylic acids is 2. The van der Waals surface area contributed by atoms with Crippen molar-refractivity contribution >= 4 is 17.4 Å². The number of methoxy groups -OCH3 is 2. The van der Waals surface area contributed by atoms with Crippen LogP contribution in [0.5, 0.6) is 17.2 Å². The minimum absolute atomic E-state index is 0.0125. The lowest BCUT2D eigenvalue weighted by molar-refractivity contribution is -0.132. The molecule has 0 radical (unpaired) electrons. The third-order valence-electron chi connectivity index (χ3n) is 8.29. The van der Waals surface area contributed by atoms with E-state index in [-0.39, 0.29) is 23.9 Å². The molecule has 2 unspecified atom stereocenters. The summed E-state index contributed by atoms with van der Waals surface area (Å²) in [5.41, 5.74) is 5.23. The van der Waals surface area contributed by atoms with Gasteiger partial charge in [0.15, 0.2) is 0 Å². The van der Waals surface area contributed by atoms with E-state index >= 15 is 0 Å². The van der Waals surface area contributed by atoms with Gasteiger partial charge in [-0.15, -0.1) is 0 Å². The van der Waals surface area contributed by atoms with Gasteiger partial charge >= 0.3 is 0 Å². The monoisotopic (exact) mass is 583 g/mol. The maximum Gasteiger partial charge on any atom is 0.251 e. The molecule has 1 saturated heterocycles. The smallest absolute Gasteiger partial charge is 0.251 e. The predicted molar refractivity (Wildman–Crippen MR) is 167 cm³/mol. The van der Waals surface area contributed by atoms with Crippen LogP contribution in [0.4, 0.5) is 0 Å². The molecule has 2 amide bonds. The molecular formula is C35H41N3O5. The Morgan fingerprint density at radius 2 is 1.53 bits per heavy atom. The average molecular weight is 584 g/mol. The van der Waals surface area contributed by atoms with Gasteiger partial charge in [-0.2, -0.15) is 0 Å². The van der Waals surface area contributed by atoms with Crippen LogP contribution in [-0.4, -0.2) is 81.2 Å². The number of nitrogens with one attached hydrogen (secondary N) is 1. The molecule has 0 aliphatic carbocycles. The first-order valence-electron chi connectivity index (χ1n) is 14.8. The topological polar surface area (TPSA) is 80.3 Å². The summed E-state index contributed by atoms with van der Waals surface area (Å²) in [7, 11) is 5.10. The number of nitrogens with zero attached hydrogens (tertiary/aromatic N) is 2. The fourth-order valence-electron chi connectivity index (χ4n) is 5.90. The summed E-state index contributed by atoms with van der Waals surface area (Å²) in [6, 6.07) is 24.1. The zero-order valence-corrected chi connectivity index (χ0v) is 25.5. The van der Waals surface area contributed by atoms with E-state index in [4.69, 9.17) is 14.2 Å². The number of hydrogen-bond donors (Lipinski definition) is 1. The second-order valence-corrected chi connectivity index (χ2v) is 11.2. The molecule has 226 valence electrons. The largest absolute Gasteiger partial charge is 0.496 e. The van der Waals surface area contributed by atoms with Crippen molar-refractivity contribution in [3.8, 4) is 17.2 Å².